The molecule has 1 aromatic heterocycles. The normalized spacial score (nSPS) is 14.1. The van der Waals surface area contributed by atoms with Crippen molar-refractivity contribution in [3.05, 3.63) is 22.4 Å². The van der Waals surface area contributed by atoms with Crippen molar-refractivity contribution in [1.29, 1.82) is 0 Å². The fraction of sp³-hybridized carbons (Fsp3) is 0.714. The molecule has 104 valence electrons. The molecule has 3 nitrogen and oxygen atoms in total. The summed E-state index contributed by atoms with van der Waals surface area (Å²) >= 11 is 1.68. The molecule has 0 saturated heterocycles. The van der Waals surface area contributed by atoms with Crippen LogP contribution in [-0.2, 0) is 11.3 Å². The van der Waals surface area contributed by atoms with E-state index in [2.05, 4.69) is 25.7 Å². The van der Waals surface area contributed by atoms with E-state index in [4.69, 9.17) is 4.74 Å². The smallest absolute Gasteiger partial charge is 0.0900 e. The van der Waals surface area contributed by atoms with Gasteiger partial charge in [-0.05, 0) is 23.9 Å². The van der Waals surface area contributed by atoms with Gasteiger partial charge >= 0.3 is 0 Å². The highest BCUT2D eigenvalue weighted by Crippen LogP contribution is 2.14. The summed E-state index contributed by atoms with van der Waals surface area (Å²) in [4.78, 5) is 3.35. The van der Waals surface area contributed by atoms with E-state index in [0.717, 1.165) is 6.54 Å². The van der Waals surface area contributed by atoms with Crippen LogP contribution in [0.5, 0.6) is 0 Å². The second kappa shape index (κ2) is 7.24. The number of aliphatic hydroxyl groups is 1. The molecule has 18 heavy (non-hydrogen) atoms. The van der Waals surface area contributed by atoms with Gasteiger partial charge < -0.3 is 14.7 Å². The van der Waals surface area contributed by atoms with Crippen LogP contribution in [0.25, 0.3) is 0 Å². The lowest BCUT2D eigenvalue weighted by Gasteiger charge is -2.28. The molecule has 0 saturated carbocycles. The van der Waals surface area contributed by atoms with E-state index in [1.54, 1.807) is 11.3 Å². The summed E-state index contributed by atoms with van der Waals surface area (Å²) in [5.74, 6) is 0. The molecule has 0 amide bonds. The number of hydrogen-bond acceptors (Lipinski definition) is 4. The van der Waals surface area contributed by atoms with Gasteiger partial charge in [0.15, 0.2) is 0 Å². The Morgan fingerprint density at radius 2 is 2.17 bits per heavy atom. The van der Waals surface area contributed by atoms with Crippen LogP contribution in [0.2, 0.25) is 0 Å². The van der Waals surface area contributed by atoms with Gasteiger partial charge in [-0.15, -0.1) is 11.3 Å². The Hall–Kier alpha value is -0.420. The van der Waals surface area contributed by atoms with Gasteiger partial charge in [-0.1, -0.05) is 26.8 Å². The van der Waals surface area contributed by atoms with Crippen LogP contribution in [0.4, 0.5) is 0 Å². The molecule has 1 N–H and O–H groups in total. The highest BCUT2D eigenvalue weighted by atomic mass is 32.1. The Balaban J connectivity index is 2.15. The van der Waals surface area contributed by atoms with Crippen molar-refractivity contribution in [3.8, 4) is 0 Å². The van der Waals surface area contributed by atoms with E-state index in [1.165, 1.54) is 4.88 Å². The van der Waals surface area contributed by atoms with Crippen LogP contribution < -0.4 is 0 Å². The highest BCUT2D eigenvalue weighted by molar-refractivity contribution is 7.09. The summed E-state index contributed by atoms with van der Waals surface area (Å²) in [5.41, 5.74) is 0.256. The predicted octanol–water partition coefficient (Wildman–Crippen LogP) is 2.60. The summed E-state index contributed by atoms with van der Waals surface area (Å²) in [6.07, 6.45) is -0.419. The summed E-state index contributed by atoms with van der Waals surface area (Å²) < 4.78 is 5.50. The minimum atomic E-state index is -0.419. The van der Waals surface area contributed by atoms with E-state index < -0.39 is 6.10 Å². The first-order valence-electron chi connectivity index (χ1n) is 6.33. The number of ether oxygens (including phenoxy) is 1. The lowest BCUT2D eigenvalue weighted by Crippen LogP contribution is -2.37. The number of nitrogens with zero attached hydrogens (tertiary/aromatic N) is 1. The summed E-state index contributed by atoms with van der Waals surface area (Å²) in [6, 6.07) is 4.06. The maximum atomic E-state index is 9.88. The first-order valence-corrected chi connectivity index (χ1v) is 7.21. The van der Waals surface area contributed by atoms with E-state index in [9.17, 15) is 5.11 Å². The molecule has 0 bridgehead atoms. The molecular weight excluding hydrogens is 246 g/mol. The standard InChI is InChI=1S/C14H25NO2S/c1-14(2,3)11-15(4)8-12(16)9-17-10-13-6-5-7-18-13/h5-7,12,16H,8-11H2,1-4H3. The SMILES string of the molecule is CN(CC(O)COCc1cccs1)CC(C)(C)C. The average molecular weight is 271 g/mol. The van der Waals surface area contributed by atoms with Crippen LogP contribution in [0.3, 0.4) is 0 Å². The third-order valence-electron chi connectivity index (χ3n) is 2.40. The van der Waals surface area contributed by atoms with E-state index in [-0.39, 0.29) is 5.41 Å². The average Bonchev–Trinajstić information content (AvgIpc) is 2.66. The first-order chi connectivity index (χ1) is 8.37. The van der Waals surface area contributed by atoms with Crippen molar-refractivity contribution in [2.45, 2.75) is 33.5 Å². The lowest BCUT2D eigenvalue weighted by atomic mass is 9.96. The number of rotatable bonds is 7. The zero-order valence-corrected chi connectivity index (χ0v) is 12.7. The summed E-state index contributed by atoms with van der Waals surface area (Å²) in [5, 5.41) is 11.9. The fourth-order valence-corrected chi connectivity index (χ4v) is 2.62. The van der Waals surface area contributed by atoms with Crippen molar-refractivity contribution in [2.24, 2.45) is 5.41 Å². The van der Waals surface area contributed by atoms with Crippen molar-refractivity contribution in [3.63, 3.8) is 0 Å². The number of hydrogen-bond donors (Lipinski definition) is 1. The maximum Gasteiger partial charge on any atom is 0.0900 e. The van der Waals surface area contributed by atoms with Crippen molar-refractivity contribution in [2.75, 3.05) is 26.7 Å². The number of aliphatic hydroxyl groups excluding tert-OH is 1. The van der Waals surface area contributed by atoms with Gasteiger partial charge in [0, 0.05) is 18.0 Å². The van der Waals surface area contributed by atoms with Gasteiger partial charge in [0.05, 0.1) is 19.3 Å². The zero-order valence-electron chi connectivity index (χ0n) is 11.8. The number of thiophene rings is 1. The fourth-order valence-electron chi connectivity index (χ4n) is 1.98. The third kappa shape index (κ3) is 7.11. The molecule has 4 heteroatoms. The van der Waals surface area contributed by atoms with Gasteiger partial charge in [-0.3, -0.25) is 0 Å². The van der Waals surface area contributed by atoms with Crippen LogP contribution in [0, 0.1) is 5.41 Å². The van der Waals surface area contributed by atoms with Crippen molar-refractivity contribution in [1.82, 2.24) is 4.90 Å². The molecule has 0 spiro atoms. The van der Waals surface area contributed by atoms with Crippen LogP contribution >= 0.6 is 11.3 Å². The topological polar surface area (TPSA) is 32.7 Å². The van der Waals surface area contributed by atoms with E-state index in [1.807, 2.05) is 24.6 Å². The number of likely N-dealkylation sites (N-methyl/N-ethyl adjacent to an activating group) is 1. The third-order valence-corrected chi connectivity index (χ3v) is 3.25. The molecule has 0 fully saturated rings. The molecule has 0 aliphatic rings. The second-order valence-electron chi connectivity index (χ2n) is 6.01. The lowest BCUT2D eigenvalue weighted by molar-refractivity contribution is 0.0106. The summed E-state index contributed by atoms with van der Waals surface area (Å²) in [7, 11) is 2.04. The van der Waals surface area contributed by atoms with Gasteiger partial charge in [0.1, 0.15) is 0 Å². The minimum absolute atomic E-state index is 0.256. The Morgan fingerprint density at radius 1 is 1.44 bits per heavy atom. The minimum Gasteiger partial charge on any atom is -0.389 e. The Morgan fingerprint density at radius 3 is 2.72 bits per heavy atom. The molecule has 0 aliphatic heterocycles. The van der Waals surface area contributed by atoms with Crippen LogP contribution in [0.1, 0.15) is 25.6 Å². The molecule has 0 aliphatic carbocycles. The zero-order chi connectivity index (χ0) is 13.6. The predicted molar refractivity (Wildman–Crippen MR) is 76.9 cm³/mol. The molecule has 1 aromatic rings. The molecule has 0 radical (unpaired) electrons. The second-order valence-corrected chi connectivity index (χ2v) is 7.04. The molecule has 1 unspecified atom stereocenters. The maximum absolute atomic E-state index is 9.88. The largest absolute Gasteiger partial charge is 0.389 e. The molecule has 1 rings (SSSR count). The van der Waals surface area contributed by atoms with E-state index >= 15 is 0 Å². The monoisotopic (exact) mass is 271 g/mol. The first kappa shape index (κ1) is 15.6. The molecular formula is C14H25NO2S. The summed E-state index contributed by atoms with van der Waals surface area (Å²) in [6.45, 7) is 9.20. The molecule has 1 atom stereocenters. The Kier molecular flexibility index (Phi) is 6.29. The van der Waals surface area contributed by atoms with Crippen LogP contribution in [0.15, 0.2) is 17.5 Å². The van der Waals surface area contributed by atoms with Crippen molar-refractivity contribution >= 4 is 11.3 Å². The Bertz CT molecular complexity index is 319. The van der Waals surface area contributed by atoms with Gasteiger partial charge in [0.25, 0.3) is 0 Å². The van der Waals surface area contributed by atoms with Gasteiger partial charge in [-0.25, -0.2) is 0 Å². The molecule has 0 aromatic carbocycles. The molecule has 1 heterocycles. The van der Waals surface area contributed by atoms with Crippen molar-refractivity contribution < 1.29 is 9.84 Å². The van der Waals surface area contributed by atoms with Gasteiger partial charge in [-0.2, -0.15) is 0 Å². The van der Waals surface area contributed by atoms with E-state index in [0.29, 0.717) is 19.8 Å². The van der Waals surface area contributed by atoms with Gasteiger partial charge in [0.2, 0.25) is 0 Å². The van der Waals surface area contributed by atoms with Crippen LogP contribution in [-0.4, -0.2) is 42.9 Å². The Labute approximate surface area is 114 Å². The highest BCUT2D eigenvalue weighted by Gasteiger charge is 2.16. The quantitative estimate of drug-likeness (QED) is 0.827.